The molecule has 2 aliphatic rings. The fourth-order valence-electron chi connectivity index (χ4n) is 3.33. The van der Waals surface area contributed by atoms with Crippen LogP contribution < -0.4 is 0 Å². The monoisotopic (exact) mass is 344 g/mol. The fraction of sp³-hybridized carbons (Fsp3) is 0.667. The second-order valence-electron chi connectivity index (χ2n) is 6.24. The summed E-state index contributed by atoms with van der Waals surface area (Å²) in [6, 6.07) is -0.227. The maximum absolute atomic E-state index is 13.0. The minimum Gasteiger partial charge on any atom is -0.337 e. The molecular formula is C15H19F3N4O2. The molecule has 0 radical (unpaired) electrons. The molecule has 1 atom stereocenters. The van der Waals surface area contributed by atoms with E-state index < -0.39 is 18.1 Å². The number of alkyl halides is 3. The third kappa shape index (κ3) is 3.11. The van der Waals surface area contributed by atoms with E-state index >= 15 is 0 Å². The highest BCUT2D eigenvalue weighted by Crippen LogP contribution is 2.33. The van der Waals surface area contributed by atoms with Gasteiger partial charge in [-0.3, -0.25) is 14.3 Å². The number of hydrogen-bond acceptors (Lipinski definition) is 3. The average molecular weight is 344 g/mol. The van der Waals surface area contributed by atoms with Crippen molar-refractivity contribution in [3.05, 3.63) is 17.5 Å². The highest BCUT2D eigenvalue weighted by Gasteiger charge is 2.48. The Morgan fingerprint density at radius 2 is 1.96 bits per heavy atom. The van der Waals surface area contributed by atoms with Crippen LogP contribution in [0.25, 0.3) is 0 Å². The lowest BCUT2D eigenvalue weighted by Crippen LogP contribution is -2.44. The van der Waals surface area contributed by atoms with Gasteiger partial charge in [-0.15, -0.1) is 0 Å². The molecule has 3 heterocycles. The van der Waals surface area contributed by atoms with Crippen molar-refractivity contribution in [2.75, 3.05) is 13.1 Å². The number of rotatable bonds is 1. The first-order valence-electron chi connectivity index (χ1n) is 7.97. The minimum atomic E-state index is -4.42. The predicted molar refractivity (Wildman–Crippen MR) is 78.0 cm³/mol. The first-order valence-corrected chi connectivity index (χ1v) is 7.97. The summed E-state index contributed by atoms with van der Waals surface area (Å²) in [7, 11) is 0. The van der Waals surface area contributed by atoms with Crippen molar-refractivity contribution in [3.8, 4) is 0 Å². The Balaban J connectivity index is 1.82. The normalized spacial score (nSPS) is 21.6. The number of nitrogens with zero attached hydrogens (tertiary/aromatic N) is 4. The zero-order chi connectivity index (χ0) is 17.5. The van der Waals surface area contributed by atoms with Gasteiger partial charge in [-0.1, -0.05) is 0 Å². The maximum Gasteiger partial charge on any atom is 0.408 e. The van der Waals surface area contributed by atoms with Crippen LogP contribution in [0.4, 0.5) is 13.2 Å². The lowest BCUT2D eigenvalue weighted by atomic mass is 10.2. The van der Waals surface area contributed by atoms with Crippen LogP contribution in [0.1, 0.15) is 42.4 Å². The van der Waals surface area contributed by atoms with E-state index in [1.165, 1.54) is 13.0 Å². The molecule has 0 unspecified atom stereocenters. The number of fused-ring (bicyclic) bond motifs is 1. The molecule has 6 nitrogen and oxygen atoms in total. The Kier molecular flexibility index (Phi) is 4.27. The quantitative estimate of drug-likeness (QED) is 0.781. The fourth-order valence-corrected chi connectivity index (χ4v) is 3.33. The van der Waals surface area contributed by atoms with E-state index in [0.717, 1.165) is 4.90 Å². The molecule has 2 aliphatic heterocycles. The van der Waals surface area contributed by atoms with Gasteiger partial charge in [0.2, 0.25) is 5.91 Å². The molecule has 3 rings (SSSR count). The molecule has 132 valence electrons. The number of aromatic nitrogens is 2. The van der Waals surface area contributed by atoms with Crippen molar-refractivity contribution in [1.82, 2.24) is 19.6 Å². The number of hydrogen-bond donors (Lipinski definition) is 0. The topological polar surface area (TPSA) is 58.4 Å². The Morgan fingerprint density at radius 1 is 1.21 bits per heavy atom. The molecule has 0 aliphatic carbocycles. The van der Waals surface area contributed by atoms with Crippen LogP contribution in [-0.4, -0.2) is 56.7 Å². The summed E-state index contributed by atoms with van der Waals surface area (Å²) in [6.45, 7) is 3.01. The zero-order valence-electron chi connectivity index (χ0n) is 13.3. The smallest absolute Gasteiger partial charge is 0.337 e. The van der Waals surface area contributed by atoms with E-state index in [4.69, 9.17) is 0 Å². The largest absolute Gasteiger partial charge is 0.408 e. The number of amides is 2. The number of carbonyl (C=O) groups is 2. The van der Waals surface area contributed by atoms with Gasteiger partial charge in [0.05, 0.1) is 12.2 Å². The van der Waals surface area contributed by atoms with Crippen molar-refractivity contribution in [3.63, 3.8) is 0 Å². The minimum absolute atomic E-state index is 0.0200. The highest BCUT2D eigenvalue weighted by atomic mass is 19.4. The molecule has 0 bridgehead atoms. The molecule has 24 heavy (non-hydrogen) atoms. The second-order valence-corrected chi connectivity index (χ2v) is 6.24. The van der Waals surface area contributed by atoms with Gasteiger partial charge in [0.25, 0.3) is 5.91 Å². The summed E-state index contributed by atoms with van der Waals surface area (Å²) in [6.07, 6.45) is -3.46. The molecule has 1 aromatic heterocycles. The second kappa shape index (κ2) is 6.10. The Hall–Kier alpha value is -2.06. The number of likely N-dealkylation sites (tertiary alicyclic amines) is 1. The van der Waals surface area contributed by atoms with Crippen LogP contribution in [-0.2, 0) is 17.9 Å². The van der Waals surface area contributed by atoms with Crippen molar-refractivity contribution in [2.45, 2.75) is 51.5 Å². The van der Waals surface area contributed by atoms with E-state index in [2.05, 4.69) is 5.10 Å². The van der Waals surface area contributed by atoms with Crippen LogP contribution in [0.15, 0.2) is 6.07 Å². The Bertz CT molecular complexity index is 656. The van der Waals surface area contributed by atoms with Crippen LogP contribution in [0.5, 0.6) is 0 Å². The van der Waals surface area contributed by atoms with Gasteiger partial charge in [0, 0.05) is 26.6 Å². The number of aryl methyl sites for hydroxylation is 1. The molecule has 0 spiro atoms. The van der Waals surface area contributed by atoms with Gasteiger partial charge in [-0.2, -0.15) is 18.3 Å². The van der Waals surface area contributed by atoms with Gasteiger partial charge in [0.15, 0.2) is 5.69 Å². The van der Waals surface area contributed by atoms with Gasteiger partial charge < -0.3 is 9.80 Å². The first-order chi connectivity index (χ1) is 11.3. The SMILES string of the molecule is CC(=O)N1CCCn2nc(C(=O)N3CCC[C@H]3C(F)(F)F)cc2C1. The Morgan fingerprint density at radius 3 is 2.62 bits per heavy atom. The maximum atomic E-state index is 13.0. The van der Waals surface area contributed by atoms with Gasteiger partial charge in [-0.05, 0) is 25.3 Å². The summed E-state index contributed by atoms with van der Waals surface area (Å²) in [4.78, 5) is 26.6. The summed E-state index contributed by atoms with van der Waals surface area (Å²) in [5, 5.41) is 4.19. The molecule has 0 N–H and O–H groups in total. The van der Waals surface area contributed by atoms with E-state index in [-0.39, 0.29) is 24.6 Å². The standard InChI is InChI=1S/C15H19F3N4O2/c1-10(23)20-5-3-7-22-11(9-20)8-12(19-22)14(24)21-6-2-4-13(21)15(16,17)18/h8,13H,2-7,9H2,1H3/t13-/m0/s1. The van der Waals surface area contributed by atoms with Crippen LogP contribution in [0, 0.1) is 0 Å². The van der Waals surface area contributed by atoms with Gasteiger partial charge in [0.1, 0.15) is 6.04 Å². The predicted octanol–water partition coefficient (Wildman–Crippen LogP) is 1.80. The van der Waals surface area contributed by atoms with E-state index in [1.807, 2.05) is 0 Å². The Labute approximate surface area is 137 Å². The van der Waals surface area contributed by atoms with Gasteiger partial charge in [-0.25, -0.2) is 0 Å². The lowest BCUT2D eigenvalue weighted by molar-refractivity contribution is -0.169. The number of carbonyl (C=O) groups excluding carboxylic acids is 2. The van der Waals surface area contributed by atoms with Crippen LogP contribution in [0.2, 0.25) is 0 Å². The molecule has 0 saturated carbocycles. The molecule has 1 aromatic rings. The highest BCUT2D eigenvalue weighted by molar-refractivity contribution is 5.93. The van der Waals surface area contributed by atoms with E-state index in [0.29, 0.717) is 38.2 Å². The first kappa shape index (κ1) is 16.8. The van der Waals surface area contributed by atoms with Crippen molar-refractivity contribution in [1.29, 1.82) is 0 Å². The molecular weight excluding hydrogens is 325 g/mol. The van der Waals surface area contributed by atoms with Crippen LogP contribution >= 0.6 is 0 Å². The average Bonchev–Trinajstić information content (AvgIpc) is 3.09. The van der Waals surface area contributed by atoms with Gasteiger partial charge >= 0.3 is 6.18 Å². The lowest BCUT2D eigenvalue weighted by Gasteiger charge is -2.25. The van der Waals surface area contributed by atoms with Crippen molar-refractivity contribution < 1.29 is 22.8 Å². The third-order valence-electron chi connectivity index (χ3n) is 4.57. The molecule has 1 fully saturated rings. The summed E-state index contributed by atoms with van der Waals surface area (Å²) < 4.78 is 40.8. The molecule has 9 heteroatoms. The van der Waals surface area contributed by atoms with E-state index in [9.17, 15) is 22.8 Å². The van der Waals surface area contributed by atoms with Crippen molar-refractivity contribution in [2.24, 2.45) is 0 Å². The third-order valence-corrected chi connectivity index (χ3v) is 4.57. The number of halogens is 3. The summed E-state index contributed by atoms with van der Waals surface area (Å²) in [5.41, 5.74) is 0.695. The van der Waals surface area contributed by atoms with E-state index in [1.54, 1.807) is 9.58 Å². The molecule has 1 saturated heterocycles. The molecule has 2 amide bonds. The van der Waals surface area contributed by atoms with Crippen LogP contribution in [0.3, 0.4) is 0 Å². The summed E-state index contributed by atoms with van der Waals surface area (Å²) >= 11 is 0. The zero-order valence-corrected chi connectivity index (χ0v) is 13.3. The van der Waals surface area contributed by atoms with Crippen molar-refractivity contribution >= 4 is 11.8 Å². The summed E-state index contributed by atoms with van der Waals surface area (Å²) in [5.74, 6) is -0.765. The molecule has 0 aromatic carbocycles.